The molecule has 4 heteroatoms. The van der Waals surface area contributed by atoms with E-state index in [1.807, 2.05) is 0 Å². The molecule has 2 rings (SSSR count). The summed E-state index contributed by atoms with van der Waals surface area (Å²) in [7, 11) is 2.06. The number of likely N-dealkylation sites (tertiary alicyclic amines) is 1. The van der Waals surface area contributed by atoms with Crippen molar-refractivity contribution in [2.24, 2.45) is 0 Å². The Labute approximate surface area is 107 Å². The first-order valence-corrected chi connectivity index (χ1v) is 6.22. The molecule has 1 aromatic rings. The number of benzene rings is 1. The van der Waals surface area contributed by atoms with Crippen molar-refractivity contribution in [3.05, 3.63) is 29.6 Å². The molecule has 0 bridgehead atoms. The van der Waals surface area contributed by atoms with Crippen LogP contribution in [0.5, 0.6) is 5.75 Å². The number of rotatable bonds is 3. The van der Waals surface area contributed by atoms with Gasteiger partial charge in [-0.05, 0) is 38.9 Å². The van der Waals surface area contributed by atoms with Crippen molar-refractivity contribution >= 4 is 5.78 Å². The van der Waals surface area contributed by atoms with Gasteiger partial charge >= 0.3 is 0 Å². The molecule has 0 atom stereocenters. The quantitative estimate of drug-likeness (QED) is 0.773. The zero-order valence-electron chi connectivity index (χ0n) is 10.8. The highest BCUT2D eigenvalue weighted by Gasteiger charge is 2.22. The lowest BCUT2D eigenvalue weighted by Gasteiger charge is -2.29. The van der Waals surface area contributed by atoms with E-state index in [0.29, 0.717) is 5.56 Å². The first kappa shape index (κ1) is 13.0. The van der Waals surface area contributed by atoms with Crippen LogP contribution in [0.4, 0.5) is 4.39 Å². The third kappa shape index (κ3) is 2.88. The second-order valence-corrected chi connectivity index (χ2v) is 4.79. The normalized spacial score (nSPS) is 17.7. The number of carbonyl (C=O) groups excluding carboxylic acids is 1. The molecule has 0 saturated carbocycles. The Morgan fingerprint density at radius 3 is 2.67 bits per heavy atom. The van der Waals surface area contributed by atoms with E-state index >= 15 is 0 Å². The number of ketones is 1. The molecule has 1 saturated heterocycles. The van der Waals surface area contributed by atoms with E-state index in [-0.39, 0.29) is 17.6 Å². The summed E-state index contributed by atoms with van der Waals surface area (Å²) >= 11 is 0. The molecule has 1 fully saturated rings. The van der Waals surface area contributed by atoms with E-state index in [2.05, 4.69) is 11.9 Å². The number of ether oxygens (including phenoxy) is 1. The number of halogens is 1. The van der Waals surface area contributed by atoms with Crippen LogP contribution in [-0.2, 0) is 0 Å². The van der Waals surface area contributed by atoms with Gasteiger partial charge in [-0.3, -0.25) is 4.79 Å². The average molecular weight is 251 g/mol. The molecule has 1 aromatic carbocycles. The Hall–Kier alpha value is -1.42. The van der Waals surface area contributed by atoms with Crippen LogP contribution in [0.25, 0.3) is 0 Å². The van der Waals surface area contributed by atoms with Crippen LogP contribution in [0, 0.1) is 5.82 Å². The highest BCUT2D eigenvalue weighted by molar-refractivity contribution is 5.96. The summed E-state index contributed by atoms with van der Waals surface area (Å²) in [6, 6.07) is 4.47. The Kier molecular flexibility index (Phi) is 3.97. The summed E-state index contributed by atoms with van der Waals surface area (Å²) in [6.07, 6.45) is 1.72. The number of Topliss-reactive ketones (excluding diaryl/α,β-unsaturated/α-hetero) is 1. The molecule has 0 radical (unpaired) electrons. The van der Waals surface area contributed by atoms with E-state index in [1.165, 1.54) is 19.1 Å². The molecule has 0 unspecified atom stereocenters. The number of para-hydroxylation sites is 1. The Bertz CT molecular complexity index is 439. The highest BCUT2D eigenvalue weighted by atomic mass is 19.1. The van der Waals surface area contributed by atoms with Gasteiger partial charge < -0.3 is 9.64 Å². The molecular weight excluding hydrogens is 233 g/mol. The minimum atomic E-state index is -0.457. The fourth-order valence-corrected chi connectivity index (χ4v) is 2.18. The van der Waals surface area contributed by atoms with Crippen molar-refractivity contribution in [2.75, 3.05) is 20.1 Å². The molecular formula is C14H18FNO2. The average Bonchev–Trinajstić information content (AvgIpc) is 2.34. The van der Waals surface area contributed by atoms with Crippen molar-refractivity contribution < 1.29 is 13.9 Å². The van der Waals surface area contributed by atoms with Crippen LogP contribution >= 0.6 is 0 Å². The second kappa shape index (κ2) is 5.48. The van der Waals surface area contributed by atoms with Gasteiger partial charge in [-0.1, -0.05) is 6.07 Å². The summed E-state index contributed by atoms with van der Waals surface area (Å²) in [5.41, 5.74) is 0.328. The van der Waals surface area contributed by atoms with Crippen molar-refractivity contribution in [1.29, 1.82) is 0 Å². The number of nitrogens with zero attached hydrogens (tertiary/aromatic N) is 1. The molecule has 0 amide bonds. The summed E-state index contributed by atoms with van der Waals surface area (Å²) < 4.78 is 19.5. The molecule has 1 aliphatic rings. The van der Waals surface area contributed by atoms with Crippen molar-refractivity contribution in [3.63, 3.8) is 0 Å². The maximum atomic E-state index is 13.8. The van der Waals surface area contributed by atoms with Crippen LogP contribution in [0.1, 0.15) is 30.1 Å². The smallest absolute Gasteiger partial charge is 0.166 e. The highest BCUT2D eigenvalue weighted by Crippen LogP contribution is 2.26. The molecule has 0 aromatic heterocycles. The molecule has 0 N–H and O–H groups in total. The van der Waals surface area contributed by atoms with Gasteiger partial charge in [0.1, 0.15) is 6.10 Å². The van der Waals surface area contributed by atoms with Gasteiger partial charge in [-0.15, -0.1) is 0 Å². The van der Waals surface area contributed by atoms with E-state index in [1.54, 1.807) is 6.07 Å². The first-order chi connectivity index (χ1) is 8.58. The fraction of sp³-hybridized carbons (Fsp3) is 0.500. The maximum absolute atomic E-state index is 13.8. The van der Waals surface area contributed by atoms with Crippen LogP contribution < -0.4 is 4.74 Å². The number of hydrogen-bond donors (Lipinski definition) is 0. The van der Waals surface area contributed by atoms with Crippen molar-refractivity contribution in [3.8, 4) is 5.75 Å². The number of hydrogen-bond acceptors (Lipinski definition) is 3. The first-order valence-electron chi connectivity index (χ1n) is 6.22. The fourth-order valence-electron chi connectivity index (χ4n) is 2.18. The summed E-state index contributed by atoms with van der Waals surface area (Å²) in [5, 5.41) is 0. The Morgan fingerprint density at radius 1 is 1.39 bits per heavy atom. The molecule has 18 heavy (non-hydrogen) atoms. The van der Waals surface area contributed by atoms with Gasteiger partial charge in [-0.25, -0.2) is 4.39 Å². The molecule has 0 aliphatic carbocycles. The van der Waals surface area contributed by atoms with Gasteiger partial charge in [0.05, 0.1) is 5.56 Å². The zero-order valence-corrected chi connectivity index (χ0v) is 10.8. The Morgan fingerprint density at radius 2 is 2.06 bits per heavy atom. The number of carbonyl (C=O) groups is 1. The maximum Gasteiger partial charge on any atom is 0.166 e. The van der Waals surface area contributed by atoms with E-state index in [0.717, 1.165) is 25.9 Å². The van der Waals surface area contributed by atoms with Crippen LogP contribution in [-0.4, -0.2) is 36.9 Å². The van der Waals surface area contributed by atoms with Crippen molar-refractivity contribution in [2.45, 2.75) is 25.9 Å². The van der Waals surface area contributed by atoms with Crippen LogP contribution in [0.3, 0.4) is 0 Å². The third-order valence-corrected chi connectivity index (χ3v) is 3.30. The molecule has 3 nitrogen and oxygen atoms in total. The van der Waals surface area contributed by atoms with Gasteiger partial charge in [0.25, 0.3) is 0 Å². The molecule has 1 heterocycles. The molecule has 98 valence electrons. The predicted octanol–water partition coefficient (Wildman–Crippen LogP) is 2.50. The number of piperidine rings is 1. The van der Waals surface area contributed by atoms with Crippen molar-refractivity contribution in [1.82, 2.24) is 4.90 Å². The van der Waals surface area contributed by atoms with Crippen LogP contribution in [0.2, 0.25) is 0 Å². The van der Waals surface area contributed by atoms with Crippen LogP contribution in [0.15, 0.2) is 18.2 Å². The topological polar surface area (TPSA) is 29.5 Å². The van der Waals surface area contributed by atoms with Gasteiger partial charge in [0, 0.05) is 13.1 Å². The predicted molar refractivity (Wildman–Crippen MR) is 67.6 cm³/mol. The summed E-state index contributed by atoms with van der Waals surface area (Å²) in [6.45, 7) is 3.30. The molecule has 0 spiro atoms. The minimum Gasteiger partial charge on any atom is -0.486 e. The summed E-state index contributed by atoms with van der Waals surface area (Å²) in [4.78, 5) is 13.7. The summed E-state index contributed by atoms with van der Waals surface area (Å²) in [5.74, 6) is -0.515. The lowest BCUT2D eigenvalue weighted by Crippen LogP contribution is -2.36. The largest absolute Gasteiger partial charge is 0.486 e. The monoisotopic (exact) mass is 251 g/mol. The van der Waals surface area contributed by atoms with Gasteiger partial charge in [0.2, 0.25) is 0 Å². The van der Waals surface area contributed by atoms with E-state index in [4.69, 9.17) is 4.74 Å². The second-order valence-electron chi connectivity index (χ2n) is 4.79. The van der Waals surface area contributed by atoms with Gasteiger partial charge in [0.15, 0.2) is 17.3 Å². The minimum absolute atomic E-state index is 0.00352. The SMILES string of the molecule is CC(=O)c1cccc(F)c1OC1CCN(C)CC1. The standard InChI is InChI=1S/C14H18FNO2/c1-10(17)12-4-3-5-13(15)14(12)18-11-6-8-16(2)9-7-11/h3-5,11H,6-9H2,1-2H3. The van der Waals surface area contributed by atoms with E-state index in [9.17, 15) is 9.18 Å². The lowest BCUT2D eigenvalue weighted by atomic mass is 10.1. The van der Waals surface area contributed by atoms with Gasteiger partial charge in [-0.2, -0.15) is 0 Å². The molecule has 1 aliphatic heterocycles. The van der Waals surface area contributed by atoms with E-state index < -0.39 is 5.82 Å². The third-order valence-electron chi connectivity index (χ3n) is 3.30. The zero-order chi connectivity index (χ0) is 13.1. The lowest BCUT2D eigenvalue weighted by molar-refractivity contribution is 0.0969. The Balaban J connectivity index is 2.15.